The Morgan fingerprint density at radius 1 is 0.737 bits per heavy atom. The van der Waals surface area contributed by atoms with Gasteiger partial charge in [-0.2, -0.15) is 0 Å². The molecule has 0 aromatic heterocycles. The summed E-state index contributed by atoms with van der Waals surface area (Å²) in [6, 6.07) is 8.92. The summed E-state index contributed by atoms with van der Waals surface area (Å²) in [5.74, 6) is 0. The van der Waals surface area contributed by atoms with E-state index in [1.54, 1.807) is 22.3 Å². The first-order valence-electron chi connectivity index (χ1n) is 7.05. The van der Waals surface area contributed by atoms with E-state index < -0.39 is 0 Å². The average Bonchev–Trinajstić information content (AvgIpc) is 3.14. The smallest absolute Gasteiger partial charge is 0.000729 e. The molecule has 0 saturated carbocycles. The molecule has 19 heavy (non-hydrogen) atoms. The minimum atomic E-state index is 1.11. The zero-order chi connectivity index (χ0) is 12.4. The molecule has 0 aliphatic heterocycles. The molecule has 3 aliphatic carbocycles. The van der Waals surface area contributed by atoms with E-state index in [2.05, 4.69) is 48.6 Å². The predicted octanol–water partition coefficient (Wildman–Crippen LogP) is 4.40. The Hall–Kier alpha value is -2.08. The topological polar surface area (TPSA) is 0 Å². The molecular formula is C19H14. The fourth-order valence-corrected chi connectivity index (χ4v) is 4.00. The summed E-state index contributed by atoms with van der Waals surface area (Å²) in [5.41, 5.74) is 12.2. The molecule has 2 aromatic carbocycles. The third-order valence-electron chi connectivity index (χ3n) is 4.77. The lowest BCUT2D eigenvalue weighted by molar-refractivity contribution is 1.19. The van der Waals surface area contributed by atoms with Gasteiger partial charge in [-0.1, -0.05) is 48.6 Å². The number of benzene rings is 2. The standard InChI is InChI=1S/C19H14/c1-2-6-13-12(5-1)11-18-16-9-3-7-14(16)15-8-4-10-17(15)19(13)18/h1-6,8-9H,7,10-11H2. The highest BCUT2D eigenvalue weighted by atomic mass is 14.3. The van der Waals surface area contributed by atoms with Crippen molar-refractivity contribution in [1.29, 1.82) is 0 Å². The highest BCUT2D eigenvalue weighted by Crippen LogP contribution is 2.47. The maximum absolute atomic E-state index is 2.34. The Morgan fingerprint density at radius 3 is 2.37 bits per heavy atom. The SMILES string of the molecule is C1=Cc2c(c3c(c4c2Cc2ccccc2-4)CC=C3)C1. The van der Waals surface area contributed by atoms with Gasteiger partial charge in [0.1, 0.15) is 0 Å². The van der Waals surface area contributed by atoms with Crippen molar-refractivity contribution < 1.29 is 0 Å². The summed E-state index contributed by atoms with van der Waals surface area (Å²) in [7, 11) is 0. The summed E-state index contributed by atoms with van der Waals surface area (Å²) in [4.78, 5) is 0. The molecule has 0 heterocycles. The van der Waals surface area contributed by atoms with E-state index in [4.69, 9.17) is 0 Å². The summed E-state index contributed by atoms with van der Waals surface area (Å²) in [5, 5.41) is 0. The van der Waals surface area contributed by atoms with Gasteiger partial charge in [-0.15, -0.1) is 0 Å². The second-order valence-electron chi connectivity index (χ2n) is 5.68. The fourth-order valence-electron chi connectivity index (χ4n) is 4.00. The Labute approximate surface area is 113 Å². The Bertz CT molecular complexity index is 788. The van der Waals surface area contributed by atoms with Crippen LogP contribution in [0.5, 0.6) is 0 Å². The number of rotatable bonds is 0. The van der Waals surface area contributed by atoms with Gasteiger partial charge >= 0.3 is 0 Å². The van der Waals surface area contributed by atoms with Gasteiger partial charge in [0.25, 0.3) is 0 Å². The normalized spacial score (nSPS) is 16.4. The van der Waals surface area contributed by atoms with E-state index >= 15 is 0 Å². The van der Waals surface area contributed by atoms with Crippen LogP contribution in [0, 0.1) is 0 Å². The van der Waals surface area contributed by atoms with Crippen LogP contribution in [0.25, 0.3) is 23.3 Å². The Morgan fingerprint density at radius 2 is 1.47 bits per heavy atom. The van der Waals surface area contributed by atoms with Crippen molar-refractivity contribution in [3.63, 3.8) is 0 Å². The minimum absolute atomic E-state index is 1.11. The van der Waals surface area contributed by atoms with Crippen molar-refractivity contribution in [2.24, 2.45) is 0 Å². The molecule has 0 amide bonds. The summed E-state index contributed by atoms with van der Waals surface area (Å²) >= 11 is 0. The van der Waals surface area contributed by atoms with Crippen LogP contribution in [0.3, 0.4) is 0 Å². The van der Waals surface area contributed by atoms with Gasteiger partial charge in [-0.05, 0) is 63.8 Å². The molecule has 3 aliphatic rings. The molecule has 0 unspecified atom stereocenters. The molecule has 0 heteroatoms. The van der Waals surface area contributed by atoms with Crippen molar-refractivity contribution in [3.8, 4) is 11.1 Å². The molecule has 0 radical (unpaired) electrons. The molecule has 2 aromatic rings. The van der Waals surface area contributed by atoms with Gasteiger partial charge in [0.05, 0.1) is 0 Å². The number of hydrogen-bond donors (Lipinski definition) is 0. The molecule has 0 spiro atoms. The first kappa shape index (κ1) is 9.80. The van der Waals surface area contributed by atoms with Crippen LogP contribution in [0.2, 0.25) is 0 Å². The summed E-state index contributed by atoms with van der Waals surface area (Å²) in [6.45, 7) is 0. The van der Waals surface area contributed by atoms with Gasteiger partial charge in [0.15, 0.2) is 0 Å². The minimum Gasteiger partial charge on any atom is -0.0795 e. The van der Waals surface area contributed by atoms with Crippen molar-refractivity contribution in [1.82, 2.24) is 0 Å². The molecule has 0 bridgehead atoms. The Kier molecular flexibility index (Phi) is 1.69. The summed E-state index contributed by atoms with van der Waals surface area (Å²) < 4.78 is 0. The fraction of sp³-hybridized carbons (Fsp3) is 0.158. The molecule has 90 valence electrons. The lowest BCUT2D eigenvalue weighted by Crippen LogP contribution is -1.98. The van der Waals surface area contributed by atoms with E-state index in [1.807, 2.05) is 0 Å². The number of fused-ring (bicyclic) bond motifs is 8. The largest absolute Gasteiger partial charge is 0.0795 e. The van der Waals surface area contributed by atoms with Crippen LogP contribution in [-0.4, -0.2) is 0 Å². The highest BCUT2D eigenvalue weighted by Gasteiger charge is 2.29. The lowest BCUT2D eigenvalue weighted by Gasteiger charge is -2.15. The number of hydrogen-bond acceptors (Lipinski definition) is 0. The van der Waals surface area contributed by atoms with Gasteiger partial charge in [-0.3, -0.25) is 0 Å². The second kappa shape index (κ2) is 3.27. The van der Waals surface area contributed by atoms with E-state index in [-0.39, 0.29) is 0 Å². The molecule has 0 N–H and O–H groups in total. The molecule has 0 fully saturated rings. The molecule has 5 rings (SSSR count). The third-order valence-corrected chi connectivity index (χ3v) is 4.77. The van der Waals surface area contributed by atoms with Gasteiger partial charge in [-0.25, -0.2) is 0 Å². The molecule has 0 atom stereocenters. The van der Waals surface area contributed by atoms with Crippen molar-refractivity contribution in [2.75, 3.05) is 0 Å². The molecular weight excluding hydrogens is 228 g/mol. The zero-order valence-electron chi connectivity index (χ0n) is 10.7. The van der Waals surface area contributed by atoms with E-state index in [0.29, 0.717) is 0 Å². The molecule has 0 nitrogen and oxygen atoms in total. The quantitative estimate of drug-likeness (QED) is 0.548. The van der Waals surface area contributed by atoms with Crippen molar-refractivity contribution >= 4 is 12.2 Å². The Balaban J connectivity index is 1.94. The first-order chi connectivity index (χ1) is 9.43. The van der Waals surface area contributed by atoms with Gasteiger partial charge < -0.3 is 0 Å². The predicted molar refractivity (Wildman–Crippen MR) is 80.2 cm³/mol. The van der Waals surface area contributed by atoms with Crippen LogP contribution in [0.15, 0.2) is 36.4 Å². The van der Waals surface area contributed by atoms with Crippen LogP contribution in [0.4, 0.5) is 0 Å². The number of allylic oxidation sites excluding steroid dienone is 2. The monoisotopic (exact) mass is 242 g/mol. The van der Waals surface area contributed by atoms with E-state index in [9.17, 15) is 0 Å². The highest BCUT2D eigenvalue weighted by molar-refractivity contribution is 5.90. The average molecular weight is 242 g/mol. The van der Waals surface area contributed by atoms with Crippen LogP contribution < -0.4 is 0 Å². The second-order valence-corrected chi connectivity index (χ2v) is 5.68. The van der Waals surface area contributed by atoms with Crippen LogP contribution in [-0.2, 0) is 19.3 Å². The zero-order valence-corrected chi connectivity index (χ0v) is 10.7. The lowest BCUT2D eigenvalue weighted by atomic mass is 9.89. The summed E-state index contributed by atoms with van der Waals surface area (Å²) in [6.07, 6.45) is 12.7. The van der Waals surface area contributed by atoms with Crippen molar-refractivity contribution in [3.05, 3.63) is 69.8 Å². The maximum atomic E-state index is 2.34. The van der Waals surface area contributed by atoms with Crippen molar-refractivity contribution in [2.45, 2.75) is 19.3 Å². The third kappa shape index (κ3) is 1.10. The van der Waals surface area contributed by atoms with E-state index in [0.717, 1.165) is 19.3 Å². The van der Waals surface area contributed by atoms with Crippen LogP contribution >= 0.6 is 0 Å². The van der Waals surface area contributed by atoms with Crippen LogP contribution in [0.1, 0.15) is 33.4 Å². The van der Waals surface area contributed by atoms with Gasteiger partial charge in [0.2, 0.25) is 0 Å². The maximum Gasteiger partial charge on any atom is -0.000729 e. The van der Waals surface area contributed by atoms with E-state index in [1.165, 1.54) is 22.3 Å². The van der Waals surface area contributed by atoms with Gasteiger partial charge in [0, 0.05) is 0 Å². The first-order valence-corrected chi connectivity index (χ1v) is 7.05. The molecule has 0 saturated heterocycles.